The third-order valence-electron chi connectivity index (χ3n) is 13.9. The zero-order valence-corrected chi connectivity index (χ0v) is 33.5. The molecule has 1 unspecified atom stereocenters. The van der Waals surface area contributed by atoms with E-state index in [0.29, 0.717) is 0 Å². The van der Waals surface area contributed by atoms with Crippen molar-refractivity contribution in [3.63, 3.8) is 0 Å². The van der Waals surface area contributed by atoms with Crippen molar-refractivity contribution < 1.29 is 0 Å². The summed E-state index contributed by atoms with van der Waals surface area (Å²) in [5.74, 6) is 0. The lowest BCUT2D eigenvalue weighted by Crippen LogP contribution is -2.28. The Bertz CT molecular complexity index is 3330. The lowest BCUT2D eigenvalue weighted by molar-refractivity contribution is 0.768. The molecule has 1 atom stereocenters. The number of benzene rings is 10. The number of para-hydroxylation sites is 1. The van der Waals surface area contributed by atoms with Gasteiger partial charge in [-0.1, -0.05) is 188 Å². The van der Waals surface area contributed by atoms with Crippen LogP contribution in [0.1, 0.15) is 44.5 Å². The minimum Gasteiger partial charge on any atom is -0.310 e. The first kappa shape index (κ1) is 34.2. The average Bonchev–Trinajstić information content (AvgIpc) is 3.91. The summed E-state index contributed by atoms with van der Waals surface area (Å²) < 4.78 is 0. The molecule has 0 saturated heterocycles. The molecule has 0 saturated carbocycles. The Hall–Kier alpha value is -7.74. The highest BCUT2D eigenvalue weighted by atomic mass is 15.1. The lowest BCUT2D eigenvalue weighted by atomic mass is 9.67. The van der Waals surface area contributed by atoms with Crippen molar-refractivity contribution in [3.05, 3.63) is 281 Å². The van der Waals surface area contributed by atoms with E-state index in [1.54, 1.807) is 0 Å². The Morgan fingerprint density at radius 1 is 0.230 bits per heavy atom. The Labute approximate surface area is 356 Å². The highest BCUT2D eigenvalue weighted by molar-refractivity contribution is 6.01. The van der Waals surface area contributed by atoms with Gasteiger partial charge >= 0.3 is 0 Å². The molecule has 1 spiro atoms. The van der Waals surface area contributed by atoms with E-state index in [-0.39, 0.29) is 0 Å². The summed E-state index contributed by atoms with van der Waals surface area (Å²) in [6, 6.07) is 88.5. The van der Waals surface area contributed by atoms with E-state index in [1.807, 2.05) is 0 Å². The molecule has 3 aliphatic rings. The molecular weight excluding hydrogens is 735 g/mol. The van der Waals surface area contributed by atoms with Gasteiger partial charge in [-0.05, 0) is 137 Å². The van der Waals surface area contributed by atoms with Gasteiger partial charge in [0.05, 0.1) is 10.8 Å². The van der Waals surface area contributed by atoms with Gasteiger partial charge in [0, 0.05) is 17.1 Å². The third kappa shape index (κ3) is 4.55. The lowest BCUT2D eigenvalue weighted by Gasteiger charge is -2.35. The average molecular weight is 774 g/mol. The third-order valence-corrected chi connectivity index (χ3v) is 13.9. The fourth-order valence-electron chi connectivity index (χ4n) is 11.5. The number of nitrogens with zero attached hydrogens (tertiary/aromatic N) is 1. The maximum Gasteiger partial charge on any atom is 0.0726 e. The Morgan fingerprint density at radius 2 is 0.607 bits per heavy atom. The van der Waals surface area contributed by atoms with Crippen molar-refractivity contribution in [3.8, 4) is 33.4 Å². The standard InChI is InChI=1S/C60H39N/c1-4-20-42(21-5-1)59(43-22-6-2-7-23-43)53-29-15-12-26-47(53)50-34-32-45(38-57(50)59)61(44-24-8-3-9-25-44)46-33-35-51-48-27-13-16-30-54(48)60(58(51)39-46)55-31-17-14-28-49(55)52-36-40-18-10-11-19-41(40)37-56(52)60/h1-39H. The van der Waals surface area contributed by atoms with Crippen molar-refractivity contribution >= 4 is 27.8 Å². The van der Waals surface area contributed by atoms with Gasteiger partial charge < -0.3 is 4.90 Å². The topological polar surface area (TPSA) is 3.24 Å². The molecule has 3 aliphatic carbocycles. The van der Waals surface area contributed by atoms with Crippen LogP contribution >= 0.6 is 0 Å². The van der Waals surface area contributed by atoms with Crippen LogP contribution < -0.4 is 4.90 Å². The van der Waals surface area contributed by atoms with Crippen LogP contribution in [0.4, 0.5) is 17.1 Å². The predicted molar refractivity (Wildman–Crippen MR) is 252 cm³/mol. The molecule has 13 rings (SSSR count). The second-order valence-electron chi connectivity index (χ2n) is 16.7. The van der Waals surface area contributed by atoms with E-state index < -0.39 is 10.8 Å². The van der Waals surface area contributed by atoms with Crippen LogP contribution in [0.2, 0.25) is 0 Å². The highest BCUT2D eigenvalue weighted by Gasteiger charge is 2.52. The zero-order chi connectivity index (χ0) is 40.1. The minimum absolute atomic E-state index is 0.477. The number of rotatable bonds is 5. The van der Waals surface area contributed by atoms with Gasteiger partial charge in [-0.25, -0.2) is 0 Å². The molecule has 0 aliphatic heterocycles. The van der Waals surface area contributed by atoms with E-state index in [4.69, 9.17) is 0 Å². The fraction of sp³-hybridized carbons (Fsp3) is 0.0333. The van der Waals surface area contributed by atoms with Gasteiger partial charge in [-0.2, -0.15) is 0 Å². The van der Waals surface area contributed by atoms with Gasteiger partial charge in [-0.3, -0.25) is 0 Å². The summed E-state index contributed by atoms with van der Waals surface area (Å²) in [5.41, 5.74) is 20.7. The highest BCUT2D eigenvalue weighted by Crippen LogP contribution is 2.64. The van der Waals surface area contributed by atoms with Crippen LogP contribution in [0, 0.1) is 0 Å². The molecule has 0 bridgehead atoms. The first-order chi connectivity index (χ1) is 30.3. The molecule has 0 N–H and O–H groups in total. The van der Waals surface area contributed by atoms with Gasteiger partial charge in [0.25, 0.3) is 0 Å². The maximum absolute atomic E-state index is 2.51. The van der Waals surface area contributed by atoms with Crippen molar-refractivity contribution in [1.82, 2.24) is 0 Å². The molecule has 10 aromatic carbocycles. The number of fused-ring (bicyclic) bond motifs is 14. The predicted octanol–water partition coefficient (Wildman–Crippen LogP) is 15.0. The molecule has 0 aromatic heterocycles. The number of hydrogen-bond acceptors (Lipinski definition) is 1. The summed E-state index contributed by atoms with van der Waals surface area (Å²) >= 11 is 0. The van der Waals surface area contributed by atoms with Crippen LogP contribution in [0.25, 0.3) is 44.2 Å². The summed E-state index contributed by atoms with van der Waals surface area (Å²) in [5, 5.41) is 2.53. The van der Waals surface area contributed by atoms with Gasteiger partial charge in [-0.15, -0.1) is 0 Å². The second-order valence-corrected chi connectivity index (χ2v) is 16.7. The number of anilines is 3. The van der Waals surface area contributed by atoms with Gasteiger partial charge in [0.2, 0.25) is 0 Å². The van der Waals surface area contributed by atoms with Crippen LogP contribution in [0.5, 0.6) is 0 Å². The van der Waals surface area contributed by atoms with E-state index in [0.717, 1.165) is 17.1 Å². The Morgan fingerprint density at radius 3 is 1.15 bits per heavy atom. The van der Waals surface area contributed by atoms with Crippen LogP contribution in [-0.4, -0.2) is 0 Å². The van der Waals surface area contributed by atoms with Crippen molar-refractivity contribution in [2.45, 2.75) is 10.8 Å². The van der Waals surface area contributed by atoms with Crippen LogP contribution in [0.15, 0.2) is 237 Å². The normalized spacial score (nSPS) is 15.7. The van der Waals surface area contributed by atoms with Crippen molar-refractivity contribution in [2.75, 3.05) is 4.90 Å². The fourth-order valence-corrected chi connectivity index (χ4v) is 11.5. The monoisotopic (exact) mass is 773 g/mol. The minimum atomic E-state index is -0.503. The van der Waals surface area contributed by atoms with Crippen molar-refractivity contribution in [1.29, 1.82) is 0 Å². The summed E-state index contributed by atoms with van der Waals surface area (Å²) in [6.45, 7) is 0. The van der Waals surface area contributed by atoms with E-state index in [9.17, 15) is 0 Å². The molecule has 10 aromatic rings. The summed E-state index contributed by atoms with van der Waals surface area (Å²) in [7, 11) is 0. The van der Waals surface area contributed by atoms with E-state index in [2.05, 4.69) is 241 Å². The maximum atomic E-state index is 2.51. The SMILES string of the molecule is c1ccc(N(c2ccc3c(c2)C(c2ccccc2)(c2ccccc2)c2ccccc2-3)c2ccc3c(c2)C2(c4ccccc4-3)c3ccccc3-c3cc4ccccc4cc32)cc1. The Balaban J connectivity index is 1.08. The zero-order valence-electron chi connectivity index (χ0n) is 33.5. The van der Waals surface area contributed by atoms with Crippen LogP contribution in [-0.2, 0) is 10.8 Å². The molecule has 0 radical (unpaired) electrons. The molecule has 1 heteroatoms. The molecule has 0 fully saturated rings. The smallest absolute Gasteiger partial charge is 0.0726 e. The largest absolute Gasteiger partial charge is 0.310 e. The van der Waals surface area contributed by atoms with Gasteiger partial charge in [0.1, 0.15) is 0 Å². The molecule has 0 amide bonds. The van der Waals surface area contributed by atoms with Crippen LogP contribution in [0.3, 0.4) is 0 Å². The molecule has 61 heavy (non-hydrogen) atoms. The number of hydrogen-bond donors (Lipinski definition) is 0. The van der Waals surface area contributed by atoms with Gasteiger partial charge in [0.15, 0.2) is 0 Å². The molecule has 0 heterocycles. The van der Waals surface area contributed by atoms with E-state index in [1.165, 1.54) is 88.7 Å². The van der Waals surface area contributed by atoms with E-state index >= 15 is 0 Å². The Kier molecular flexibility index (Phi) is 7.21. The first-order valence-electron chi connectivity index (χ1n) is 21.3. The second kappa shape index (κ2) is 12.9. The quantitative estimate of drug-likeness (QED) is 0.168. The molecule has 284 valence electrons. The molecular formula is C60H39N. The first-order valence-corrected chi connectivity index (χ1v) is 21.3. The molecule has 1 nitrogen and oxygen atoms in total. The van der Waals surface area contributed by atoms with Crippen molar-refractivity contribution in [2.24, 2.45) is 0 Å². The summed E-state index contributed by atoms with van der Waals surface area (Å²) in [4.78, 5) is 2.48. The summed E-state index contributed by atoms with van der Waals surface area (Å²) in [6.07, 6.45) is 0.